The van der Waals surface area contributed by atoms with Gasteiger partial charge < -0.3 is 11.1 Å². The standard InChI is InChI=1S/C17H14Cl2N4S/c1-10-8-12(19)4-7-14(10)23-16-15(20)17(22-9-21-16)24-13-5-2-11(18)3-6-13/h2-9H,20H2,1H3,(H,21,22,23). The molecule has 0 fully saturated rings. The molecule has 0 amide bonds. The Balaban J connectivity index is 1.86. The van der Waals surface area contributed by atoms with E-state index in [9.17, 15) is 0 Å². The molecule has 1 aromatic heterocycles. The second-order valence-electron chi connectivity index (χ2n) is 5.08. The number of nitrogens with one attached hydrogen (secondary N) is 1. The number of aryl methyl sites for hydroxylation is 1. The highest BCUT2D eigenvalue weighted by Gasteiger charge is 2.11. The summed E-state index contributed by atoms with van der Waals surface area (Å²) >= 11 is 13.4. The highest BCUT2D eigenvalue weighted by atomic mass is 35.5. The third-order valence-electron chi connectivity index (χ3n) is 3.32. The van der Waals surface area contributed by atoms with E-state index in [0.717, 1.165) is 16.1 Å². The largest absolute Gasteiger partial charge is 0.394 e. The second-order valence-corrected chi connectivity index (χ2v) is 7.02. The Bertz CT molecular complexity index is 869. The van der Waals surface area contributed by atoms with Gasteiger partial charge in [0.25, 0.3) is 0 Å². The summed E-state index contributed by atoms with van der Waals surface area (Å²) in [6, 6.07) is 13.1. The van der Waals surface area contributed by atoms with Crippen molar-refractivity contribution in [3.05, 3.63) is 64.4 Å². The maximum Gasteiger partial charge on any atom is 0.158 e. The number of nitrogen functional groups attached to an aromatic ring is 1. The van der Waals surface area contributed by atoms with Crippen molar-refractivity contribution in [2.24, 2.45) is 0 Å². The lowest BCUT2D eigenvalue weighted by Gasteiger charge is -2.12. The van der Waals surface area contributed by atoms with Crippen LogP contribution in [0.1, 0.15) is 5.56 Å². The van der Waals surface area contributed by atoms with E-state index in [1.807, 2.05) is 49.4 Å². The summed E-state index contributed by atoms with van der Waals surface area (Å²) in [6.07, 6.45) is 1.49. The van der Waals surface area contributed by atoms with Gasteiger partial charge in [-0.1, -0.05) is 35.0 Å². The molecule has 0 saturated heterocycles. The van der Waals surface area contributed by atoms with Crippen molar-refractivity contribution in [1.29, 1.82) is 0 Å². The first-order valence-electron chi connectivity index (χ1n) is 7.10. The average Bonchev–Trinajstić information content (AvgIpc) is 2.55. The molecule has 0 unspecified atom stereocenters. The monoisotopic (exact) mass is 376 g/mol. The minimum Gasteiger partial charge on any atom is -0.394 e. The van der Waals surface area contributed by atoms with Crippen molar-refractivity contribution >= 4 is 52.2 Å². The first-order valence-corrected chi connectivity index (χ1v) is 8.67. The molecule has 1 heterocycles. The third-order valence-corrected chi connectivity index (χ3v) is 4.83. The van der Waals surface area contributed by atoms with Crippen LogP contribution in [0, 0.1) is 6.92 Å². The van der Waals surface area contributed by atoms with E-state index in [4.69, 9.17) is 28.9 Å². The minimum absolute atomic E-state index is 0.492. The molecule has 3 rings (SSSR count). The van der Waals surface area contributed by atoms with Crippen molar-refractivity contribution in [3.63, 3.8) is 0 Å². The molecule has 0 spiro atoms. The van der Waals surface area contributed by atoms with Crippen molar-refractivity contribution in [1.82, 2.24) is 9.97 Å². The van der Waals surface area contributed by atoms with Gasteiger partial charge in [0, 0.05) is 20.6 Å². The molecule has 0 aliphatic carbocycles. The number of rotatable bonds is 4. The van der Waals surface area contributed by atoms with Crippen LogP contribution < -0.4 is 11.1 Å². The molecule has 0 aliphatic heterocycles. The van der Waals surface area contributed by atoms with Gasteiger partial charge in [0.15, 0.2) is 5.82 Å². The molecule has 0 aliphatic rings. The molecular formula is C17H14Cl2N4S. The third kappa shape index (κ3) is 3.93. The van der Waals surface area contributed by atoms with Crippen LogP contribution in [0.3, 0.4) is 0 Å². The van der Waals surface area contributed by atoms with E-state index in [1.165, 1.54) is 18.1 Å². The van der Waals surface area contributed by atoms with Crippen LogP contribution in [0.2, 0.25) is 10.0 Å². The summed E-state index contributed by atoms with van der Waals surface area (Å²) in [5, 5.41) is 5.29. The Morgan fingerprint density at radius 3 is 2.42 bits per heavy atom. The Kier molecular flexibility index (Phi) is 5.14. The predicted molar refractivity (Wildman–Crippen MR) is 101 cm³/mol. The van der Waals surface area contributed by atoms with E-state index >= 15 is 0 Å². The Labute approximate surface area is 154 Å². The zero-order valence-electron chi connectivity index (χ0n) is 12.8. The van der Waals surface area contributed by atoms with Gasteiger partial charge in [-0.25, -0.2) is 9.97 Å². The van der Waals surface area contributed by atoms with Crippen LogP contribution in [0.15, 0.2) is 58.7 Å². The molecule has 0 atom stereocenters. The van der Waals surface area contributed by atoms with Crippen LogP contribution in [0.5, 0.6) is 0 Å². The van der Waals surface area contributed by atoms with Crippen molar-refractivity contribution < 1.29 is 0 Å². The van der Waals surface area contributed by atoms with E-state index in [-0.39, 0.29) is 0 Å². The first-order chi connectivity index (χ1) is 11.5. The summed E-state index contributed by atoms with van der Waals surface area (Å²) < 4.78 is 0. The fraction of sp³-hybridized carbons (Fsp3) is 0.0588. The summed E-state index contributed by atoms with van der Waals surface area (Å²) in [5.41, 5.74) is 8.62. The minimum atomic E-state index is 0.492. The Morgan fingerprint density at radius 2 is 1.71 bits per heavy atom. The number of hydrogen-bond acceptors (Lipinski definition) is 5. The highest BCUT2D eigenvalue weighted by Crippen LogP contribution is 2.35. The SMILES string of the molecule is Cc1cc(Cl)ccc1Nc1ncnc(Sc2ccc(Cl)cc2)c1N. The van der Waals surface area contributed by atoms with Crippen LogP contribution in [0.25, 0.3) is 0 Å². The quantitative estimate of drug-likeness (QED) is 0.582. The van der Waals surface area contributed by atoms with Crippen LogP contribution >= 0.6 is 35.0 Å². The Morgan fingerprint density at radius 1 is 1.00 bits per heavy atom. The Hall–Kier alpha value is -1.95. The van der Waals surface area contributed by atoms with E-state index in [1.54, 1.807) is 0 Å². The zero-order valence-corrected chi connectivity index (χ0v) is 15.1. The number of hydrogen-bond donors (Lipinski definition) is 2. The van der Waals surface area contributed by atoms with E-state index in [2.05, 4.69) is 15.3 Å². The molecular weight excluding hydrogens is 363 g/mol. The van der Waals surface area contributed by atoms with Crippen LogP contribution in [0.4, 0.5) is 17.2 Å². The number of anilines is 3. The van der Waals surface area contributed by atoms with Crippen molar-refractivity contribution in [2.45, 2.75) is 16.8 Å². The van der Waals surface area contributed by atoms with Gasteiger partial charge in [-0.2, -0.15) is 0 Å². The van der Waals surface area contributed by atoms with Gasteiger partial charge in [-0.15, -0.1) is 0 Å². The number of aromatic nitrogens is 2. The molecule has 0 saturated carbocycles. The van der Waals surface area contributed by atoms with Gasteiger partial charge in [-0.05, 0) is 55.0 Å². The molecule has 0 bridgehead atoms. The van der Waals surface area contributed by atoms with Gasteiger partial charge in [0.1, 0.15) is 17.0 Å². The number of benzene rings is 2. The lowest BCUT2D eigenvalue weighted by Crippen LogP contribution is -2.03. The molecule has 122 valence electrons. The fourth-order valence-corrected chi connectivity index (χ4v) is 3.22. The number of nitrogens with zero attached hydrogens (tertiary/aromatic N) is 2. The van der Waals surface area contributed by atoms with E-state index in [0.29, 0.717) is 26.6 Å². The summed E-state index contributed by atoms with van der Waals surface area (Å²) in [7, 11) is 0. The molecule has 7 heteroatoms. The van der Waals surface area contributed by atoms with Gasteiger partial charge in [0.05, 0.1) is 0 Å². The average molecular weight is 377 g/mol. The second kappa shape index (κ2) is 7.30. The maximum absolute atomic E-state index is 6.23. The zero-order chi connectivity index (χ0) is 17.1. The lowest BCUT2D eigenvalue weighted by atomic mass is 10.2. The number of halogens is 2. The normalized spacial score (nSPS) is 10.6. The van der Waals surface area contributed by atoms with Gasteiger partial charge in [-0.3, -0.25) is 0 Å². The predicted octanol–water partition coefficient (Wildman–Crippen LogP) is 5.57. The molecule has 2 aromatic carbocycles. The number of nitrogens with two attached hydrogens (primary N) is 1. The van der Waals surface area contributed by atoms with Crippen molar-refractivity contribution in [3.8, 4) is 0 Å². The first kappa shape index (κ1) is 16.9. The van der Waals surface area contributed by atoms with Gasteiger partial charge in [0.2, 0.25) is 0 Å². The molecule has 3 aromatic rings. The van der Waals surface area contributed by atoms with Crippen LogP contribution in [-0.2, 0) is 0 Å². The lowest BCUT2D eigenvalue weighted by molar-refractivity contribution is 1.06. The summed E-state index contributed by atoms with van der Waals surface area (Å²) in [4.78, 5) is 9.50. The van der Waals surface area contributed by atoms with Crippen LogP contribution in [-0.4, -0.2) is 9.97 Å². The maximum atomic E-state index is 6.23. The van der Waals surface area contributed by atoms with Crippen molar-refractivity contribution in [2.75, 3.05) is 11.1 Å². The molecule has 3 N–H and O–H groups in total. The molecule has 4 nitrogen and oxygen atoms in total. The molecule has 24 heavy (non-hydrogen) atoms. The topological polar surface area (TPSA) is 63.8 Å². The summed E-state index contributed by atoms with van der Waals surface area (Å²) in [6.45, 7) is 1.97. The fourth-order valence-electron chi connectivity index (χ4n) is 2.07. The highest BCUT2D eigenvalue weighted by molar-refractivity contribution is 7.99. The summed E-state index contributed by atoms with van der Waals surface area (Å²) in [5.74, 6) is 0.562. The smallest absolute Gasteiger partial charge is 0.158 e. The molecule has 0 radical (unpaired) electrons. The van der Waals surface area contributed by atoms with E-state index < -0.39 is 0 Å². The van der Waals surface area contributed by atoms with Gasteiger partial charge >= 0.3 is 0 Å².